The normalized spacial score (nSPS) is 11.7. The molecule has 0 saturated carbocycles. The van der Waals surface area contributed by atoms with Crippen molar-refractivity contribution in [1.29, 1.82) is 0 Å². The summed E-state index contributed by atoms with van der Waals surface area (Å²) in [4.78, 5) is 13.7. The maximum Gasteiger partial charge on any atom is 0.174 e. The third-order valence-corrected chi connectivity index (χ3v) is 5.13. The second-order valence-corrected chi connectivity index (χ2v) is 8.42. The lowest BCUT2D eigenvalue weighted by atomic mass is 10.1. The molecule has 0 unspecified atom stereocenters. The number of carbonyl (C=O) groups is 1. The summed E-state index contributed by atoms with van der Waals surface area (Å²) in [5, 5.41) is 0. The first-order chi connectivity index (χ1) is 10.2. The minimum Gasteiger partial charge on any atom is -0.343 e. The number of carbonyl (C=O) groups excluding carboxylic acids is 1. The summed E-state index contributed by atoms with van der Waals surface area (Å²) >= 11 is 5.01. The average Bonchev–Trinajstić information content (AvgIpc) is 2.72. The smallest absolute Gasteiger partial charge is 0.174 e. The van der Waals surface area contributed by atoms with E-state index in [2.05, 4.69) is 48.2 Å². The van der Waals surface area contributed by atoms with Gasteiger partial charge in [-0.05, 0) is 65.0 Å². The molecule has 0 aliphatic carbocycles. The monoisotopic (exact) mass is 379 g/mol. The highest BCUT2D eigenvalue weighted by molar-refractivity contribution is 9.10. The molecule has 1 aromatic heterocycles. The molecule has 2 nitrogen and oxygen atoms in total. The number of rotatable bonds is 4. The first-order valence-corrected chi connectivity index (χ1v) is 9.09. The van der Waals surface area contributed by atoms with Crippen molar-refractivity contribution in [1.82, 2.24) is 4.57 Å². The SMILES string of the molecule is Cc1cc(C(=O)CSc2ccc(Br)cc2)c(C)n1C(C)(C)C. The van der Waals surface area contributed by atoms with E-state index in [0.717, 1.165) is 26.3 Å². The Morgan fingerprint density at radius 1 is 1.18 bits per heavy atom. The Labute approximate surface area is 145 Å². The fourth-order valence-corrected chi connectivity index (χ4v) is 3.88. The molecule has 0 aliphatic heterocycles. The number of hydrogen-bond donors (Lipinski definition) is 0. The van der Waals surface area contributed by atoms with Gasteiger partial charge in [-0.2, -0.15) is 0 Å². The van der Waals surface area contributed by atoms with Crippen molar-refractivity contribution < 1.29 is 4.79 Å². The van der Waals surface area contributed by atoms with Crippen molar-refractivity contribution >= 4 is 33.5 Å². The number of Topliss-reactive ketones (excluding diaryl/α,β-unsaturated/α-hetero) is 1. The summed E-state index contributed by atoms with van der Waals surface area (Å²) < 4.78 is 3.29. The van der Waals surface area contributed by atoms with Gasteiger partial charge >= 0.3 is 0 Å². The van der Waals surface area contributed by atoms with Gasteiger partial charge in [0.05, 0.1) is 5.75 Å². The zero-order chi connectivity index (χ0) is 16.5. The highest BCUT2D eigenvalue weighted by Crippen LogP contribution is 2.27. The summed E-state index contributed by atoms with van der Waals surface area (Å²) in [5.74, 6) is 0.660. The lowest BCUT2D eigenvalue weighted by Gasteiger charge is -2.25. The molecule has 0 spiro atoms. The van der Waals surface area contributed by atoms with Crippen molar-refractivity contribution in [2.45, 2.75) is 45.1 Å². The summed E-state index contributed by atoms with van der Waals surface area (Å²) in [7, 11) is 0. The maximum atomic E-state index is 12.6. The molecular weight excluding hydrogens is 358 g/mol. The lowest BCUT2D eigenvalue weighted by Crippen LogP contribution is -2.24. The number of benzene rings is 1. The van der Waals surface area contributed by atoms with Gasteiger partial charge in [0.1, 0.15) is 0 Å². The van der Waals surface area contributed by atoms with Crippen LogP contribution in [0.3, 0.4) is 0 Å². The van der Waals surface area contributed by atoms with Gasteiger partial charge in [-0.1, -0.05) is 15.9 Å². The molecule has 22 heavy (non-hydrogen) atoms. The van der Waals surface area contributed by atoms with Crippen molar-refractivity contribution in [3.05, 3.63) is 51.8 Å². The summed E-state index contributed by atoms with van der Waals surface area (Å²) in [6, 6.07) is 10.1. The fourth-order valence-electron chi connectivity index (χ4n) is 2.83. The highest BCUT2D eigenvalue weighted by atomic mass is 79.9. The van der Waals surface area contributed by atoms with Crippen LogP contribution in [0.15, 0.2) is 39.7 Å². The number of aryl methyl sites for hydroxylation is 1. The molecule has 1 aromatic carbocycles. The van der Waals surface area contributed by atoms with Gasteiger partial charge in [0.2, 0.25) is 0 Å². The van der Waals surface area contributed by atoms with Crippen molar-refractivity contribution in [3.8, 4) is 0 Å². The van der Waals surface area contributed by atoms with E-state index in [1.54, 1.807) is 11.8 Å². The Hall–Kier alpha value is -1.00. The summed E-state index contributed by atoms with van der Waals surface area (Å²) in [5.41, 5.74) is 3.04. The summed E-state index contributed by atoms with van der Waals surface area (Å²) in [6.45, 7) is 10.6. The van der Waals surface area contributed by atoms with Gasteiger partial charge in [0, 0.05) is 31.9 Å². The van der Waals surface area contributed by atoms with E-state index < -0.39 is 0 Å². The first-order valence-electron chi connectivity index (χ1n) is 7.31. The number of thioether (sulfide) groups is 1. The van der Waals surface area contributed by atoms with E-state index in [4.69, 9.17) is 0 Å². The first kappa shape index (κ1) is 17.4. The number of nitrogens with zero attached hydrogens (tertiary/aromatic N) is 1. The molecule has 1 heterocycles. The Bertz CT molecular complexity index is 680. The van der Waals surface area contributed by atoms with Crippen molar-refractivity contribution in [2.24, 2.45) is 0 Å². The van der Waals surface area contributed by atoms with Crippen LogP contribution in [0, 0.1) is 13.8 Å². The van der Waals surface area contributed by atoms with Crippen molar-refractivity contribution in [2.75, 3.05) is 5.75 Å². The van der Waals surface area contributed by atoms with Crippen LogP contribution in [-0.4, -0.2) is 16.1 Å². The van der Waals surface area contributed by atoms with Gasteiger partial charge in [-0.3, -0.25) is 4.79 Å². The third-order valence-electron chi connectivity index (χ3n) is 3.59. The zero-order valence-corrected chi connectivity index (χ0v) is 16.1. The minimum atomic E-state index is -0.00839. The van der Waals surface area contributed by atoms with Crippen LogP contribution in [0.25, 0.3) is 0 Å². The van der Waals surface area contributed by atoms with Gasteiger partial charge in [-0.15, -0.1) is 11.8 Å². The molecule has 0 bridgehead atoms. The number of aromatic nitrogens is 1. The van der Waals surface area contributed by atoms with Crippen LogP contribution >= 0.6 is 27.7 Å². The molecule has 118 valence electrons. The van der Waals surface area contributed by atoms with Crippen LogP contribution in [0.2, 0.25) is 0 Å². The van der Waals surface area contributed by atoms with Crippen LogP contribution in [0.4, 0.5) is 0 Å². The van der Waals surface area contributed by atoms with Gasteiger partial charge < -0.3 is 4.57 Å². The predicted molar refractivity (Wildman–Crippen MR) is 98.1 cm³/mol. The van der Waals surface area contributed by atoms with Crippen LogP contribution < -0.4 is 0 Å². The van der Waals surface area contributed by atoms with E-state index in [-0.39, 0.29) is 11.3 Å². The third kappa shape index (κ3) is 3.85. The molecule has 0 saturated heterocycles. The Balaban J connectivity index is 2.15. The Morgan fingerprint density at radius 2 is 1.77 bits per heavy atom. The van der Waals surface area contributed by atoms with E-state index in [9.17, 15) is 4.79 Å². The zero-order valence-electron chi connectivity index (χ0n) is 13.7. The number of ketones is 1. The molecule has 0 atom stereocenters. The second-order valence-electron chi connectivity index (χ2n) is 6.46. The van der Waals surface area contributed by atoms with Gasteiger partial charge in [-0.25, -0.2) is 0 Å². The topological polar surface area (TPSA) is 22.0 Å². The number of hydrogen-bond acceptors (Lipinski definition) is 2. The van der Waals surface area contributed by atoms with E-state index >= 15 is 0 Å². The van der Waals surface area contributed by atoms with E-state index in [1.165, 1.54) is 0 Å². The molecular formula is C18H22BrNOS. The highest BCUT2D eigenvalue weighted by Gasteiger charge is 2.22. The molecule has 0 N–H and O–H groups in total. The molecule has 2 rings (SSSR count). The fraction of sp³-hybridized carbons (Fsp3) is 0.389. The molecule has 0 fully saturated rings. The van der Waals surface area contributed by atoms with Gasteiger partial charge in [0.15, 0.2) is 5.78 Å². The average molecular weight is 380 g/mol. The van der Waals surface area contributed by atoms with Crippen molar-refractivity contribution in [3.63, 3.8) is 0 Å². The molecule has 0 amide bonds. The second kappa shape index (κ2) is 6.63. The molecule has 0 aliphatic rings. The predicted octanol–water partition coefficient (Wildman–Crippen LogP) is 5.60. The Kier molecular flexibility index (Phi) is 5.23. The maximum absolute atomic E-state index is 12.6. The number of halogens is 1. The van der Waals surface area contributed by atoms with E-state index in [0.29, 0.717) is 5.75 Å². The van der Waals surface area contributed by atoms with Gasteiger partial charge in [0.25, 0.3) is 0 Å². The lowest BCUT2D eigenvalue weighted by molar-refractivity contribution is 0.102. The molecule has 4 heteroatoms. The largest absolute Gasteiger partial charge is 0.343 e. The van der Waals surface area contributed by atoms with E-state index in [1.807, 2.05) is 37.3 Å². The molecule has 2 aromatic rings. The summed E-state index contributed by atoms with van der Waals surface area (Å²) in [6.07, 6.45) is 0. The Morgan fingerprint density at radius 3 is 2.27 bits per heavy atom. The van der Waals surface area contributed by atoms with Crippen LogP contribution in [-0.2, 0) is 5.54 Å². The van der Waals surface area contributed by atoms with Crippen LogP contribution in [0.5, 0.6) is 0 Å². The van der Waals surface area contributed by atoms with Crippen LogP contribution in [0.1, 0.15) is 42.5 Å². The molecule has 0 radical (unpaired) electrons. The standard InChI is InChI=1S/C18H22BrNOS/c1-12-10-16(13(2)20(12)18(3,4)5)17(21)11-22-15-8-6-14(19)7-9-15/h6-10H,11H2,1-5H3. The quantitative estimate of drug-likeness (QED) is 0.509. The minimum absolute atomic E-state index is 0.00839.